The molecule has 0 amide bonds. The first kappa shape index (κ1) is 9.20. The molecule has 76 valence electrons. The van der Waals surface area contributed by atoms with Gasteiger partial charge in [0.25, 0.3) is 0 Å². The first-order valence-electron chi connectivity index (χ1n) is 5.20. The Bertz CT molecular complexity index is 339. The molecule has 2 saturated carbocycles. The summed E-state index contributed by atoms with van der Waals surface area (Å²) in [5, 5.41) is 12.9. The topological polar surface area (TPSA) is 20.2 Å². The highest BCUT2D eigenvalue weighted by atomic mass is 35.5. The number of aliphatic hydroxyl groups is 1. The van der Waals surface area contributed by atoms with Crippen LogP contribution < -0.4 is 0 Å². The van der Waals surface area contributed by atoms with E-state index in [4.69, 9.17) is 11.6 Å². The van der Waals surface area contributed by atoms with Crippen molar-refractivity contribution in [1.82, 2.24) is 0 Å². The molecule has 0 aromatic carbocycles. The lowest BCUT2D eigenvalue weighted by Gasteiger charge is -2.11. The second-order valence-corrected chi connectivity index (χ2v) is 5.77. The van der Waals surface area contributed by atoms with Gasteiger partial charge in [-0.3, -0.25) is 0 Å². The van der Waals surface area contributed by atoms with E-state index in [1.54, 1.807) is 11.3 Å². The molecule has 1 aromatic rings. The Morgan fingerprint density at radius 1 is 1.43 bits per heavy atom. The van der Waals surface area contributed by atoms with Gasteiger partial charge >= 0.3 is 0 Å². The van der Waals surface area contributed by atoms with Gasteiger partial charge in [-0.05, 0) is 42.0 Å². The van der Waals surface area contributed by atoms with E-state index in [2.05, 4.69) is 0 Å². The Balaban J connectivity index is 1.78. The summed E-state index contributed by atoms with van der Waals surface area (Å²) in [4.78, 5) is 0.978. The first-order valence-corrected chi connectivity index (χ1v) is 6.46. The molecule has 14 heavy (non-hydrogen) atoms. The minimum Gasteiger partial charge on any atom is -0.387 e. The van der Waals surface area contributed by atoms with Crippen molar-refractivity contribution >= 4 is 22.9 Å². The Labute approximate surface area is 92.7 Å². The summed E-state index contributed by atoms with van der Waals surface area (Å²) in [6.07, 6.45) is 3.69. The highest BCUT2D eigenvalue weighted by Crippen LogP contribution is 2.62. The molecule has 0 spiro atoms. The van der Waals surface area contributed by atoms with Crippen molar-refractivity contribution in [3.63, 3.8) is 0 Å². The second-order valence-electron chi connectivity index (χ2n) is 4.41. The maximum atomic E-state index is 10.2. The molecule has 1 nitrogen and oxygen atoms in total. The molecule has 3 unspecified atom stereocenters. The van der Waals surface area contributed by atoms with Crippen molar-refractivity contribution in [3.8, 4) is 0 Å². The molecule has 0 saturated heterocycles. The minimum absolute atomic E-state index is 0.294. The largest absolute Gasteiger partial charge is 0.387 e. The lowest BCUT2D eigenvalue weighted by Crippen LogP contribution is -2.02. The summed E-state index contributed by atoms with van der Waals surface area (Å²) in [5.41, 5.74) is 0. The van der Waals surface area contributed by atoms with Gasteiger partial charge < -0.3 is 5.11 Å². The maximum absolute atomic E-state index is 10.2. The van der Waals surface area contributed by atoms with Crippen molar-refractivity contribution in [1.29, 1.82) is 0 Å². The summed E-state index contributed by atoms with van der Waals surface area (Å²) in [6, 6.07) is 1.88. The van der Waals surface area contributed by atoms with Crippen LogP contribution in [0.25, 0.3) is 0 Å². The molecule has 3 rings (SSSR count). The van der Waals surface area contributed by atoms with E-state index >= 15 is 0 Å². The van der Waals surface area contributed by atoms with Gasteiger partial charge in [-0.2, -0.15) is 0 Å². The molecule has 3 heteroatoms. The van der Waals surface area contributed by atoms with Crippen LogP contribution in [0.4, 0.5) is 0 Å². The molecule has 0 radical (unpaired) electrons. The molecule has 2 aliphatic carbocycles. The lowest BCUT2D eigenvalue weighted by atomic mass is 10.1. The molecular formula is C11H13ClOS. The van der Waals surface area contributed by atoms with Crippen molar-refractivity contribution < 1.29 is 5.11 Å². The molecule has 3 atom stereocenters. The summed E-state index contributed by atoms with van der Waals surface area (Å²) in [6.45, 7) is 0. The number of thiophene rings is 1. The van der Waals surface area contributed by atoms with Crippen LogP contribution in [0.1, 0.15) is 30.2 Å². The Morgan fingerprint density at radius 3 is 2.71 bits per heavy atom. The Kier molecular flexibility index (Phi) is 2.12. The summed E-state index contributed by atoms with van der Waals surface area (Å²) >= 11 is 7.60. The van der Waals surface area contributed by atoms with Crippen LogP contribution in [0.3, 0.4) is 0 Å². The van der Waals surface area contributed by atoms with Crippen molar-refractivity contribution in [2.45, 2.75) is 25.4 Å². The van der Waals surface area contributed by atoms with E-state index in [-0.39, 0.29) is 6.10 Å². The number of fused-ring (bicyclic) bond motifs is 1. The van der Waals surface area contributed by atoms with Gasteiger partial charge in [-0.25, -0.2) is 0 Å². The van der Waals surface area contributed by atoms with Gasteiger partial charge in [0.15, 0.2) is 0 Å². The molecule has 2 fully saturated rings. The predicted molar refractivity (Wildman–Crippen MR) is 58.6 cm³/mol. The molecule has 1 heterocycles. The SMILES string of the molecule is OC(c1sccc1Cl)C1C2CCCC21. The molecule has 2 aliphatic rings. The number of hydrogen-bond acceptors (Lipinski definition) is 2. The average molecular weight is 229 g/mol. The van der Waals surface area contributed by atoms with Gasteiger partial charge in [0.05, 0.1) is 16.0 Å². The molecular weight excluding hydrogens is 216 g/mol. The van der Waals surface area contributed by atoms with Crippen molar-refractivity contribution in [2.75, 3.05) is 0 Å². The second kappa shape index (κ2) is 3.22. The van der Waals surface area contributed by atoms with Crippen LogP contribution in [0.15, 0.2) is 11.4 Å². The monoisotopic (exact) mass is 228 g/mol. The normalized spacial score (nSPS) is 36.9. The summed E-state index contributed by atoms with van der Waals surface area (Å²) < 4.78 is 0. The predicted octanol–water partition coefficient (Wildman–Crippen LogP) is 3.48. The van der Waals surface area contributed by atoms with Gasteiger partial charge in [-0.1, -0.05) is 18.0 Å². The van der Waals surface area contributed by atoms with Gasteiger partial charge in [0.2, 0.25) is 0 Å². The third-order valence-corrected chi connectivity index (χ3v) is 5.18. The molecule has 0 bridgehead atoms. The quantitative estimate of drug-likeness (QED) is 0.822. The lowest BCUT2D eigenvalue weighted by molar-refractivity contribution is 0.141. The molecule has 1 aromatic heterocycles. The van der Waals surface area contributed by atoms with E-state index < -0.39 is 0 Å². The van der Waals surface area contributed by atoms with Crippen LogP contribution in [0.5, 0.6) is 0 Å². The van der Waals surface area contributed by atoms with Crippen LogP contribution in [0.2, 0.25) is 5.02 Å². The zero-order valence-corrected chi connectivity index (χ0v) is 9.39. The van der Waals surface area contributed by atoms with Gasteiger partial charge in [0, 0.05) is 0 Å². The smallest absolute Gasteiger partial charge is 0.0930 e. The number of halogens is 1. The highest BCUT2D eigenvalue weighted by Gasteiger charge is 2.56. The summed E-state index contributed by atoms with van der Waals surface area (Å²) in [7, 11) is 0. The van der Waals surface area contributed by atoms with E-state index in [1.807, 2.05) is 11.4 Å². The van der Waals surface area contributed by atoms with Crippen LogP contribution in [0, 0.1) is 17.8 Å². The fourth-order valence-electron chi connectivity index (χ4n) is 3.04. The van der Waals surface area contributed by atoms with Crippen LogP contribution in [-0.4, -0.2) is 5.11 Å². The zero-order valence-electron chi connectivity index (χ0n) is 7.82. The standard InChI is InChI=1S/C11H13ClOS/c12-8-4-5-14-11(8)10(13)9-6-2-1-3-7(6)9/h4-7,9-10,13H,1-3H2. The Hall–Kier alpha value is -0.0500. The fraction of sp³-hybridized carbons (Fsp3) is 0.636. The van der Waals surface area contributed by atoms with Gasteiger partial charge in [0.1, 0.15) is 0 Å². The van der Waals surface area contributed by atoms with E-state index in [0.29, 0.717) is 5.92 Å². The molecule has 1 N–H and O–H groups in total. The number of rotatable bonds is 2. The fourth-order valence-corrected chi connectivity index (χ4v) is 4.25. The third-order valence-electron chi connectivity index (χ3n) is 3.75. The van der Waals surface area contributed by atoms with E-state index in [0.717, 1.165) is 21.7 Å². The third kappa shape index (κ3) is 1.24. The number of aliphatic hydroxyl groups excluding tert-OH is 1. The first-order chi connectivity index (χ1) is 6.79. The molecule has 0 aliphatic heterocycles. The zero-order chi connectivity index (χ0) is 9.71. The highest BCUT2D eigenvalue weighted by molar-refractivity contribution is 7.10. The minimum atomic E-state index is -0.294. The van der Waals surface area contributed by atoms with Crippen molar-refractivity contribution in [2.24, 2.45) is 17.8 Å². The van der Waals surface area contributed by atoms with E-state index in [1.165, 1.54) is 19.3 Å². The van der Waals surface area contributed by atoms with Crippen molar-refractivity contribution in [3.05, 3.63) is 21.3 Å². The van der Waals surface area contributed by atoms with Gasteiger partial charge in [-0.15, -0.1) is 11.3 Å². The maximum Gasteiger partial charge on any atom is 0.0930 e. The Morgan fingerprint density at radius 2 is 2.14 bits per heavy atom. The van der Waals surface area contributed by atoms with Crippen LogP contribution >= 0.6 is 22.9 Å². The summed E-state index contributed by atoms with van der Waals surface area (Å²) in [5.74, 6) is 2.10. The average Bonchev–Trinajstić information content (AvgIpc) is 2.57. The number of hydrogen-bond donors (Lipinski definition) is 1. The van der Waals surface area contributed by atoms with Crippen LogP contribution in [-0.2, 0) is 0 Å². The van der Waals surface area contributed by atoms with E-state index in [9.17, 15) is 5.11 Å².